The number of halogens is 1. The molecule has 0 radical (unpaired) electrons. The molecule has 2 heterocycles. The highest BCUT2D eigenvalue weighted by atomic mass is 35.5. The molecule has 0 aliphatic carbocycles. The van der Waals surface area contributed by atoms with Crippen LogP contribution in [0.1, 0.15) is 16.8 Å². The minimum Gasteiger partial charge on any atom is -0.402 e. The molecule has 0 spiro atoms. The van der Waals surface area contributed by atoms with Crippen molar-refractivity contribution in [3.8, 4) is 0 Å². The summed E-state index contributed by atoms with van der Waals surface area (Å²) in [7, 11) is 0. The normalized spacial score (nSPS) is 11.2. The molecule has 0 fully saturated rings. The highest BCUT2D eigenvalue weighted by Gasteiger charge is 2.12. The highest BCUT2D eigenvalue weighted by Crippen LogP contribution is 2.21. The van der Waals surface area contributed by atoms with Crippen molar-refractivity contribution >= 4 is 22.7 Å². The number of benzene rings is 1. The molecule has 0 N–H and O–H groups in total. The van der Waals surface area contributed by atoms with Crippen LogP contribution in [0.25, 0.3) is 11.1 Å². The summed E-state index contributed by atoms with van der Waals surface area (Å²) in [6.07, 6.45) is 0. The molecule has 5 heteroatoms. The van der Waals surface area contributed by atoms with Crippen LogP contribution in [0.4, 0.5) is 0 Å². The number of rotatable bonds is 2. The topological polar surface area (TPSA) is 48.0 Å². The zero-order valence-corrected chi connectivity index (χ0v) is 11.9. The van der Waals surface area contributed by atoms with Crippen molar-refractivity contribution in [2.45, 2.75) is 20.4 Å². The first-order valence-corrected chi connectivity index (χ1v) is 6.65. The van der Waals surface area contributed by atoms with Gasteiger partial charge in [0, 0.05) is 16.8 Å². The van der Waals surface area contributed by atoms with Crippen LogP contribution in [0, 0.1) is 13.8 Å². The molecule has 1 aromatic carbocycles. The van der Waals surface area contributed by atoms with Gasteiger partial charge in [0.05, 0.1) is 11.9 Å². The lowest BCUT2D eigenvalue weighted by Crippen LogP contribution is -2.03. The molecule has 102 valence electrons. The first kappa shape index (κ1) is 12.9. The van der Waals surface area contributed by atoms with E-state index >= 15 is 0 Å². The van der Waals surface area contributed by atoms with Crippen molar-refractivity contribution in [1.29, 1.82) is 0 Å². The van der Waals surface area contributed by atoms with Crippen LogP contribution in [0.2, 0.25) is 5.02 Å². The molecule has 20 heavy (non-hydrogen) atoms. The maximum absolute atomic E-state index is 11.4. The van der Waals surface area contributed by atoms with Gasteiger partial charge in [0.1, 0.15) is 0 Å². The van der Waals surface area contributed by atoms with Gasteiger partial charge in [-0.1, -0.05) is 23.7 Å². The maximum Gasteiger partial charge on any atom is 0.337 e. The molecule has 0 saturated heterocycles. The van der Waals surface area contributed by atoms with Gasteiger partial charge in [-0.3, -0.25) is 4.68 Å². The van der Waals surface area contributed by atoms with E-state index in [1.165, 1.54) is 6.07 Å². The Morgan fingerprint density at radius 2 is 1.95 bits per heavy atom. The van der Waals surface area contributed by atoms with Gasteiger partial charge in [-0.05, 0) is 37.1 Å². The molecular formula is C15H13ClN2O2. The third-order valence-corrected chi connectivity index (χ3v) is 3.60. The van der Waals surface area contributed by atoms with Gasteiger partial charge >= 0.3 is 5.63 Å². The van der Waals surface area contributed by atoms with Gasteiger partial charge in [-0.15, -0.1) is 5.10 Å². The second-order valence-corrected chi connectivity index (χ2v) is 5.23. The average Bonchev–Trinajstić information content (AvgIpc) is 2.69. The fourth-order valence-corrected chi connectivity index (χ4v) is 2.46. The zero-order valence-electron chi connectivity index (χ0n) is 11.2. The summed E-state index contributed by atoms with van der Waals surface area (Å²) in [5, 5.41) is 5.98. The van der Waals surface area contributed by atoms with Crippen LogP contribution in [0.15, 0.2) is 39.5 Å². The third-order valence-electron chi connectivity index (χ3n) is 3.35. The molecule has 0 aliphatic heterocycles. The summed E-state index contributed by atoms with van der Waals surface area (Å²) in [6, 6.07) is 9.10. The Balaban J connectivity index is 2.08. The van der Waals surface area contributed by atoms with Crippen molar-refractivity contribution in [3.05, 3.63) is 62.6 Å². The van der Waals surface area contributed by atoms with Crippen LogP contribution < -0.4 is 5.63 Å². The molecule has 2 aromatic heterocycles. The lowest BCUT2D eigenvalue weighted by Gasteiger charge is -2.04. The standard InChI is InChI=1S/C15H13ClN2O2/c1-9-7-13(19)20-15-14(9)10(2)18(17-15)8-11-3-5-12(16)6-4-11/h3-7H,8H2,1-2H3. The van der Waals surface area contributed by atoms with Gasteiger partial charge in [0.25, 0.3) is 0 Å². The molecule has 0 saturated carbocycles. The van der Waals surface area contributed by atoms with Crippen LogP contribution in [0.5, 0.6) is 0 Å². The number of nitrogens with zero attached hydrogens (tertiary/aromatic N) is 2. The fourth-order valence-electron chi connectivity index (χ4n) is 2.33. The lowest BCUT2D eigenvalue weighted by molar-refractivity contribution is 0.535. The van der Waals surface area contributed by atoms with Crippen LogP contribution >= 0.6 is 11.6 Å². The molecule has 0 aliphatic rings. The molecule has 3 rings (SSSR count). The summed E-state index contributed by atoms with van der Waals surface area (Å²) in [5.41, 5.74) is 2.98. The van der Waals surface area contributed by atoms with E-state index in [1.54, 1.807) is 0 Å². The van der Waals surface area contributed by atoms with Gasteiger partial charge in [0.2, 0.25) is 5.71 Å². The SMILES string of the molecule is Cc1cc(=O)oc2nn(Cc3ccc(Cl)cc3)c(C)c12. The third kappa shape index (κ3) is 2.23. The molecule has 4 nitrogen and oxygen atoms in total. The Morgan fingerprint density at radius 3 is 2.65 bits per heavy atom. The Kier molecular flexibility index (Phi) is 3.10. The van der Waals surface area contributed by atoms with Gasteiger partial charge in [-0.25, -0.2) is 4.79 Å². The van der Waals surface area contributed by atoms with Crippen molar-refractivity contribution in [2.75, 3.05) is 0 Å². The summed E-state index contributed by atoms with van der Waals surface area (Å²) in [4.78, 5) is 11.4. The Bertz CT molecular complexity index is 831. The van der Waals surface area contributed by atoms with E-state index in [4.69, 9.17) is 16.0 Å². The van der Waals surface area contributed by atoms with Crippen molar-refractivity contribution < 1.29 is 4.42 Å². The summed E-state index contributed by atoms with van der Waals surface area (Å²) >= 11 is 5.88. The summed E-state index contributed by atoms with van der Waals surface area (Å²) in [6.45, 7) is 4.47. The van der Waals surface area contributed by atoms with E-state index < -0.39 is 0 Å². The first-order chi connectivity index (χ1) is 9.54. The number of hydrogen-bond donors (Lipinski definition) is 0. The smallest absolute Gasteiger partial charge is 0.337 e. The fraction of sp³-hybridized carbons (Fsp3) is 0.200. The quantitative estimate of drug-likeness (QED) is 0.727. The van der Waals surface area contributed by atoms with Crippen molar-refractivity contribution in [2.24, 2.45) is 0 Å². The van der Waals surface area contributed by atoms with E-state index in [0.29, 0.717) is 17.3 Å². The van der Waals surface area contributed by atoms with Crippen LogP contribution in [-0.2, 0) is 6.54 Å². The summed E-state index contributed by atoms with van der Waals surface area (Å²) < 4.78 is 6.99. The monoisotopic (exact) mass is 288 g/mol. The van der Waals surface area contributed by atoms with Crippen molar-refractivity contribution in [3.63, 3.8) is 0 Å². The van der Waals surface area contributed by atoms with E-state index in [1.807, 2.05) is 42.8 Å². The highest BCUT2D eigenvalue weighted by molar-refractivity contribution is 6.30. The Labute approximate surface area is 120 Å². The van der Waals surface area contributed by atoms with Gasteiger partial charge < -0.3 is 4.42 Å². The average molecular weight is 289 g/mol. The molecule has 0 atom stereocenters. The second-order valence-electron chi connectivity index (χ2n) is 4.80. The number of fused-ring (bicyclic) bond motifs is 1. The number of aromatic nitrogens is 2. The minimum atomic E-state index is -0.369. The van der Waals surface area contributed by atoms with E-state index in [0.717, 1.165) is 22.2 Å². The van der Waals surface area contributed by atoms with Crippen LogP contribution in [0.3, 0.4) is 0 Å². The summed E-state index contributed by atoms with van der Waals surface area (Å²) in [5.74, 6) is 0. The van der Waals surface area contributed by atoms with Crippen molar-refractivity contribution in [1.82, 2.24) is 9.78 Å². The van der Waals surface area contributed by atoms with E-state index in [9.17, 15) is 4.79 Å². The van der Waals surface area contributed by atoms with Gasteiger partial charge in [0.15, 0.2) is 0 Å². The second kappa shape index (κ2) is 4.80. The minimum absolute atomic E-state index is 0.369. The molecular weight excluding hydrogens is 276 g/mol. The predicted octanol–water partition coefficient (Wildman–Crippen LogP) is 3.31. The first-order valence-electron chi connectivity index (χ1n) is 6.27. The molecule has 3 aromatic rings. The molecule has 0 bridgehead atoms. The van der Waals surface area contributed by atoms with Gasteiger partial charge in [-0.2, -0.15) is 0 Å². The van der Waals surface area contributed by atoms with E-state index in [-0.39, 0.29) is 5.63 Å². The number of aryl methyl sites for hydroxylation is 2. The maximum atomic E-state index is 11.4. The molecule has 0 amide bonds. The van der Waals surface area contributed by atoms with Crippen LogP contribution in [-0.4, -0.2) is 9.78 Å². The Morgan fingerprint density at radius 1 is 1.25 bits per heavy atom. The Hall–Kier alpha value is -2.07. The zero-order chi connectivity index (χ0) is 14.3. The largest absolute Gasteiger partial charge is 0.402 e. The predicted molar refractivity (Wildman–Crippen MR) is 78.3 cm³/mol. The lowest BCUT2D eigenvalue weighted by atomic mass is 10.2. The van der Waals surface area contributed by atoms with E-state index in [2.05, 4.69) is 5.10 Å². The number of hydrogen-bond acceptors (Lipinski definition) is 3. The molecule has 0 unspecified atom stereocenters.